The highest BCUT2D eigenvalue weighted by molar-refractivity contribution is 5.89. The minimum absolute atomic E-state index is 0.0313. The van der Waals surface area contributed by atoms with Crippen molar-refractivity contribution in [3.63, 3.8) is 0 Å². The van der Waals surface area contributed by atoms with E-state index in [1.165, 1.54) is 6.42 Å². The summed E-state index contributed by atoms with van der Waals surface area (Å²) in [5.41, 5.74) is 6.45. The summed E-state index contributed by atoms with van der Waals surface area (Å²) in [6, 6.07) is 2.57. The summed E-state index contributed by atoms with van der Waals surface area (Å²) >= 11 is 0. The highest BCUT2D eigenvalue weighted by Gasteiger charge is 2.44. The van der Waals surface area contributed by atoms with Crippen LogP contribution in [0.1, 0.15) is 64.4 Å². The zero-order chi connectivity index (χ0) is 22.4. The molecule has 1 saturated carbocycles. The van der Waals surface area contributed by atoms with Crippen LogP contribution in [0.2, 0.25) is 0 Å². The molecule has 1 saturated heterocycles. The van der Waals surface area contributed by atoms with E-state index in [4.69, 9.17) is 5.73 Å². The first-order valence-corrected chi connectivity index (χ1v) is 11.4. The Morgan fingerprint density at radius 2 is 2.00 bits per heavy atom. The average molecular weight is 430 g/mol. The lowest BCUT2D eigenvalue weighted by atomic mass is 9.94. The quantitative estimate of drug-likeness (QED) is 0.694. The molecule has 3 N–H and O–H groups in total. The highest BCUT2D eigenvalue weighted by Crippen LogP contribution is 2.27. The van der Waals surface area contributed by atoms with Crippen LogP contribution in [-0.4, -0.2) is 57.3 Å². The van der Waals surface area contributed by atoms with E-state index in [2.05, 4.69) is 10.3 Å². The SMILES string of the molecule is CC(C)C[C@@H]1C(=O)N(Cc2cccnc2)C[C@@H](CC(N)=O)N1C(=O)NC1CCCCC1. The molecule has 1 aliphatic heterocycles. The molecule has 2 heterocycles. The second kappa shape index (κ2) is 10.6. The Bertz CT molecular complexity index is 764. The number of carbonyl (C=O) groups excluding carboxylic acids is 3. The van der Waals surface area contributed by atoms with Gasteiger partial charge >= 0.3 is 6.03 Å². The van der Waals surface area contributed by atoms with E-state index < -0.39 is 18.0 Å². The normalized spacial score (nSPS) is 22.6. The standard InChI is InChI=1S/C23H35N5O3/c1-16(2)11-20-22(30)27(14-17-7-6-10-25-13-17)15-19(12-21(24)29)28(20)23(31)26-18-8-4-3-5-9-18/h6-7,10,13,16,18-20H,3-5,8-9,11-12,14-15H2,1-2H3,(H2,24,29)(H,26,31)/t19-,20-/m1/s1. The number of nitrogens with two attached hydrogens (primary N) is 1. The summed E-state index contributed by atoms with van der Waals surface area (Å²) in [5.74, 6) is -0.344. The molecule has 0 radical (unpaired) electrons. The maximum atomic E-state index is 13.5. The van der Waals surface area contributed by atoms with Gasteiger partial charge in [0, 0.05) is 37.9 Å². The largest absolute Gasteiger partial charge is 0.370 e. The number of urea groups is 1. The lowest BCUT2D eigenvalue weighted by molar-refractivity contribution is -0.145. The van der Waals surface area contributed by atoms with Crippen molar-refractivity contribution in [1.82, 2.24) is 20.1 Å². The van der Waals surface area contributed by atoms with Crippen LogP contribution in [0.15, 0.2) is 24.5 Å². The first-order valence-electron chi connectivity index (χ1n) is 11.4. The molecule has 170 valence electrons. The van der Waals surface area contributed by atoms with E-state index in [0.29, 0.717) is 13.0 Å². The van der Waals surface area contributed by atoms with Crippen LogP contribution in [0.3, 0.4) is 0 Å². The van der Waals surface area contributed by atoms with Crippen molar-refractivity contribution in [3.8, 4) is 0 Å². The monoisotopic (exact) mass is 429 g/mol. The fourth-order valence-electron chi connectivity index (χ4n) is 4.73. The average Bonchev–Trinajstić information content (AvgIpc) is 2.72. The number of carbonyl (C=O) groups is 3. The fourth-order valence-corrected chi connectivity index (χ4v) is 4.73. The second-order valence-corrected chi connectivity index (χ2v) is 9.24. The summed E-state index contributed by atoms with van der Waals surface area (Å²) in [5, 5.41) is 3.13. The summed E-state index contributed by atoms with van der Waals surface area (Å²) in [7, 11) is 0. The van der Waals surface area contributed by atoms with Gasteiger partial charge in [-0.15, -0.1) is 0 Å². The van der Waals surface area contributed by atoms with Gasteiger partial charge in [0.05, 0.1) is 6.04 Å². The van der Waals surface area contributed by atoms with Gasteiger partial charge in [0.25, 0.3) is 0 Å². The van der Waals surface area contributed by atoms with Gasteiger partial charge in [0.1, 0.15) is 6.04 Å². The molecule has 4 amide bonds. The van der Waals surface area contributed by atoms with Crippen LogP contribution < -0.4 is 11.1 Å². The zero-order valence-electron chi connectivity index (χ0n) is 18.6. The number of nitrogens with zero attached hydrogens (tertiary/aromatic N) is 3. The van der Waals surface area contributed by atoms with Gasteiger partial charge in [-0.25, -0.2) is 4.79 Å². The van der Waals surface area contributed by atoms with Gasteiger partial charge in [0.2, 0.25) is 11.8 Å². The molecule has 0 unspecified atom stereocenters. The topological polar surface area (TPSA) is 109 Å². The smallest absolute Gasteiger partial charge is 0.318 e. The molecular weight excluding hydrogens is 394 g/mol. The van der Waals surface area contributed by atoms with E-state index in [1.807, 2.05) is 26.0 Å². The number of primary amides is 1. The van der Waals surface area contributed by atoms with Gasteiger partial charge in [-0.05, 0) is 36.8 Å². The van der Waals surface area contributed by atoms with Crippen molar-refractivity contribution in [2.45, 2.75) is 83.5 Å². The van der Waals surface area contributed by atoms with E-state index in [0.717, 1.165) is 31.2 Å². The Kier molecular flexibility index (Phi) is 7.87. The third kappa shape index (κ3) is 6.18. The first kappa shape index (κ1) is 23.0. The Labute approximate surface area is 184 Å². The van der Waals surface area contributed by atoms with Gasteiger partial charge in [-0.2, -0.15) is 0 Å². The van der Waals surface area contributed by atoms with Gasteiger partial charge in [-0.3, -0.25) is 14.6 Å². The molecule has 31 heavy (non-hydrogen) atoms. The molecule has 1 aliphatic carbocycles. The molecule has 0 bridgehead atoms. The van der Waals surface area contributed by atoms with E-state index >= 15 is 0 Å². The number of piperazine rings is 1. The summed E-state index contributed by atoms with van der Waals surface area (Å²) < 4.78 is 0. The molecule has 2 fully saturated rings. The maximum absolute atomic E-state index is 13.5. The molecule has 2 atom stereocenters. The van der Waals surface area contributed by atoms with Crippen molar-refractivity contribution in [1.29, 1.82) is 0 Å². The van der Waals surface area contributed by atoms with Crippen molar-refractivity contribution in [2.75, 3.05) is 6.54 Å². The van der Waals surface area contributed by atoms with E-state index in [9.17, 15) is 14.4 Å². The minimum atomic E-state index is -0.613. The molecule has 1 aromatic rings. The Morgan fingerprint density at radius 1 is 1.26 bits per heavy atom. The number of rotatable bonds is 7. The fraction of sp³-hybridized carbons (Fsp3) is 0.652. The van der Waals surface area contributed by atoms with Crippen LogP contribution >= 0.6 is 0 Å². The number of pyridine rings is 1. The van der Waals surface area contributed by atoms with Crippen molar-refractivity contribution >= 4 is 17.8 Å². The predicted molar refractivity (Wildman–Crippen MR) is 118 cm³/mol. The van der Waals surface area contributed by atoms with Crippen LogP contribution in [0.5, 0.6) is 0 Å². The van der Waals surface area contributed by atoms with Crippen LogP contribution in [0, 0.1) is 5.92 Å². The molecule has 0 spiro atoms. The zero-order valence-corrected chi connectivity index (χ0v) is 18.6. The molecule has 0 aromatic carbocycles. The van der Waals surface area contributed by atoms with Crippen LogP contribution in [0.4, 0.5) is 4.79 Å². The molecule has 2 aliphatic rings. The lowest BCUT2D eigenvalue weighted by Gasteiger charge is -2.46. The predicted octanol–water partition coefficient (Wildman–Crippen LogP) is 2.43. The molecular formula is C23H35N5O3. The maximum Gasteiger partial charge on any atom is 0.318 e. The highest BCUT2D eigenvalue weighted by atomic mass is 16.2. The summed E-state index contributed by atoms with van der Waals surface area (Å²) in [4.78, 5) is 46.1. The van der Waals surface area contributed by atoms with Gasteiger partial charge < -0.3 is 20.9 Å². The third-order valence-corrected chi connectivity index (χ3v) is 6.15. The third-order valence-electron chi connectivity index (χ3n) is 6.15. The summed E-state index contributed by atoms with van der Waals surface area (Å²) in [6.07, 6.45) is 9.29. The Morgan fingerprint density at radius 3 is 2.61 bits per heavy atom. The number of hydrogen-bond acceptors (Lipinski definition) is 4. The van der Waals surface area contributed by atoms with Crippen molar-refractivity contribution in [3.05, 3.63) is 30.1 Å². The number of amides is 4. The molecule has 3 rings (SSSR count). The second-order valence-electron chi connectivity index (χ2n) is 9.24. The minimum Gasteiger partial charge on any atom is -0.370 e. The van der Waals surface area contributed by atoms with Gasteiger partial charge in [0.15, 0.2) is 0 Å². The van der Waals surface area contributed by atoms with E-state index in [1.54, 1.807) is 22.2 Å². The molecule has 8 nitrogen and oxygen atoms in total. The number of aromatic nitrogens is 1. The van der Waals surface area contributed by atoms with Crippen molar-refractivity contribution in [2.24, 2.45) is 11.7 Å². The first-order chi connectivity index (χ1) is 14.8. The number of hydrogen-bond donors (Lipinski definition) is 2. The Balaban J connectivity index is 1.84. The Hall–Kier alpha value is -2.64. The van der Waals surface area contributed by atoms with Crippen molar-refractivity contribution < 1.29 is 14.4 Å². The van der Waals surface area contributed by atoms with E-state index in [-0.39, 0.29) is 36.9 Å². The van der Waals surface area contributed by atoms with Gasteiger partial charge in [-0.1, -0.05) is 39.2 Å². The van der Waals surface area contributed by atoms with Crippen LogP contribution in [-0.2, 0) is 16.1 Å². The lowest BCUT2D eigenvalue weighted by Crippen LogP contribution is -2.66. The number of nitrogens with one attached hydrogen (secondary N) is 1. The molecule has 1 aromatic heterocycles. The summed E-state index contributed by atoms with van der Waals surface area (Å²) in [6.45, 7) is 4.75. The molecule has 8 heteroatoms. The van der Waals surface area contributed by atoms with Crippen LogP contribution in [0.25, 0.3) is 0 Å².